The Bertz CT molecular complexity index is 406. The van der Waals surface area contributed by atoms with Crippen molar-refractivity contribution in [1.29, 1.82) is 0 Å². The first-order valence-corrected chi connectivity index (χ1v) is 6.20. The molecule has 1 N–H and O–H groups in total. The molecule has 0 aliphatic heterocycles. The number of rotatable bonds is 4. The Hall–Kier alpha value is -0.740. The van der Waals surface area contributed by atoms with Crippen LogP contribution in [-0.2, 0) is 10.1 Å². The van der Waals surface area contributed by atoms with E-state index in [1.165, 1.54) is 6.92 Å². The average molecular weight is 308 g/mol. The molecule has 0 aliphatic carbocycles. The highest BCUT2D eigenvalue weighted by atomic mass is 79.9. The first-order valence-electron chi connectivity index (χ1n) is 4.70. The third kappa shape index (κ3) is 3.12. The SMILES string of the molecule is Cc1cc(OC(C)C(=O)O)c(Cl)cc1CBr. The smallest absolute Gasteiger partial charge is 0.344 e. The van der Waals surface area contributed by atoms with Crippen LogP contribution in [-0.4, -0.2) is 17.2 Å². The summed E-state index contributed by atoms with van der Waals surface area (Å²) in [6, 6.07) is 3.52. The number of ether oxygens (including phenoxy) is 1. The van der Waals surface area contributed by atoms with Crippen LogP contribution in [0.25, 0.3) is 0 Å². The molecule has 0 spiro atoms. The van der Waals surface area contributed by atoms with Gasteiger partial charge in [-0.25, -0.2) is 4.79 Å². The van der Waals surface area contributed by atoms with Gasteiger partial charge in [-0.1, -0.05) is 27.5 Å². The third-order valence-corrected chi connectivity index (χ3v) is 3.09. The van der Waals surface area contributed by atoms with E-state index < -0.39 is 12.1 Å². The quantitative estimate of drug-likeness (QED) is 0.867. The second-order valence-electron chi connectivity index (χ2n) is 3.44. The lowest BCUT2D eigenvalue weighted by atomic mass is 10.1. The normalized spacial score (nSPS) is 12.2. The maximum Gasteiger partial charge on any atom is 0.344 e. The van der Waals surface area contributed by atoms with Crippen LogP contribution in [0.2, 0.25) is 5.02 Å². The molecule has 0 saturated heterocycles. The van der Waals surface area contributed by atoms with Crippen LogP contribution >= 0.6 is 27.5 Å². The molecule has 88 valence electrons. The van der Waals surface area contributed by atoms with E-state index in [0.717, 1.165) is 11.1 Å². The molecule has 3 nitrogen and oxygen atoms in total. The summed E-state index contributed by atoms with van der Waals surface area (Å²) in [5.41, 5.74) is 2.06. The monoisotopic (exact) mass is 306 g/mol. The van der Waals surface area contributed by atoms with Crippen molar-refractivity contribution in [2.24, 2.45) is 0 Å². The van der Waals surface area contributed by atoms with Gasteiger partial charge in [0.15, 0.2) is 6.10 Å². The molecule has 0 fully saturated rings. The van der Waals surface area contributed by atoms with Crippen molar-refractivity contribution >= 4 is 33.5 Å². The number of carbonyl (C=O) groups is 1. The number of aryl methyl sites for hydroxylation is 1. The first kappa shape index (κ1) is 13.3. The molecular formula is C11H12BrClO3. The van der Waals surface area contributed by atoms with Crippen LogP contribution in [0.4, 0.5) is 0 Å². The van der Waals surface area contributed by atoms with Gasteiger partial charge in [0.05, 0.1) is 5.02 Å². The summed E-state index contributed by atoms with van der Waals surface area (Å²) in [5.74, 6) is -0.614. The minimum Gasteiger partial charge on any atom is -0.479 e. The van der Waals surface area contributed by atoms with Gasteiger partial charge in [0.2, 0.25) is 0 Å². The Labute approximate surface area is 107 Å². The van der Waals surface area contributed by atoms with E-state index in [1.54, 1.807) is 12.1 Å². The molecule has 0 saturated carbocycles. The molecule has 1 atom stereocenters. The predicted molar refractivity (Wildman–Crippen MR) is 66.5 cm³/mol. The van der Waals surface area contributed by atoms with E-state index in [1.807, 2.05) is 6.92 Å². The Morgan fingerprint density at radius 2 is 2.25 bits per heavy atom. The second-order valence-corrected chi connectivity index (χ2v) is 4.41. The van der Waals surface area contributed by atoms with Crippen molar-refractivity contribution in [1.82, 2.24) is 0 Å². The lowest BCUT2D eigenvalue weighted by molar-refractivity contribution is -0.144. The van der Waals surface area contributed by atoms with Crippen molar-refractivity contribution in [3.63, 3.8) is 0 Å². The zero-order valence-corrected chi connectivity index (χ0v) is 11.3. The van der Waals surface area contributed by atoms with Gasteiger partial charge in [-0.15, -0.1) is 0 Å². The Kier molecular flexibility index (Phi) is 4.62. The van der Waals surface area contributed by atoms with Gasteiger partial charge in [-0.2, -0.15) is 0 Å². The second kappa shape index (κ2) is 5.55. The molecule has 0 heterocycles. The maximum absolute atomic E-state index is 10.6. The molecular weight excluding hydrogens is 295 g/mol. The van der Waals surface area contributed by atoms with Crippen LogP contribution in [0.3, 0.4) is 0 Å². The van der Waals surface area contributed by atoms with E-state index in [2.05, 4.69) is 15.9 Å². The predicted octanol–water partition coefficient (Wildman–Crippen LogP) is 3.40. The van der Waals surface area contributed by atoms with E-state index >= 15 is 0 Å². The number of hydrogen-bond acceptors (Lipinski definition) is 2. The van der Waals surface area contributed by atoms with Crippen LogP contribution in [0.1, 0.15) is 18.1 Å². The van der Waals surface area contributed by atoms with Crippen molar-refractivity contribution < 1.29 is 14.6 Å². The lowest BCUT2D eigenvalue weighted by Crippen LogP contribution is -2.23. The lowest BCUT2D eigenvalue weighted by Gasteiger charge is -2.14. The molecule has 0 aromatic heterocycles. The van der Waals surface area contributed by atoms with Crippen molar-refractivity contribution in [3.8, 4) is 5.75 Å². The summed E-state index contributed by atoms with van der Waals surface area (Å²) in [6.07, 6.45) is -0.910. The van der Waals surface area contributed by atoms with Gasteiger partial charge >= 0.3 is 5.97 Å². The molecule has 16 heavy (non-hydrogen) atoms. The molecule has 5 heteroatoms. The number of halogens is 2. The van der Waals surface area contributed by atoms with E-state index in [9.17, 15) is 4.79 Å². The summed E-state index contributed by atoms with van der Waals surface area (Å²) < 4.78 is 5.24. The largest absolute Gasteiger partial charge is 0.479 e. The van der Waals surface area contributed by atoms with Gasteiger partial charge in [0, 0.05) is 5.33 Å². The summed E-state index contributed by atoms with van der Waals surface area (Å²) in [7, 11) is 0. The molecule has 0 aliphatic rings. The summed E-state index contributed by atoms with van der Waals surface area (Å²) in [4.78, 5) is 10.6. The molecule has 0 radical (unpaired) electrons. The minimum absolute atomic E-state index is 0.402. The van der Waals surface area contributed by atoms with Gasteiger partial charge in [0.25, 0.3) is 0 Å². The molecule has 1 unspecified atom stereocenters. The van der Waals surface area contributed by atoms with Gasteiger partial charge < -0.3 is 9.84 Å². The maximum atomic E-state index is 10.6. The number of aliphatic carboxylic acids is 1. The van der Waals surface area contributed by atoms with Gasteiger partial charge in [0.1, 0.15) is 5.75 Å². The molecule has 1 aromatic rings. The third-order valence-electron chi connectivity index (χ3n) is 2.19. The summed E-state index contributed by atoms with van der Waals surface area (Å²) >= 11 is 9.34. The van der Waals surface area contributed by atoms with Crippen molar-refractivity contribution in [2.45, 2.75) is 25.3 Å². The highest BCUT2D eigenvalue weighted by Crippen LogP contribution is 2.29. The minimum atomic E-state index is -1.02. The Morgan fingerprint density at radius 3 is 2.75 bits per heavy atom. The fourth-order valence-electron chi connectivity index (χ4n) is 1.17. The summed E-state index contributed by atoms with van der Waals surface area (Å²) in [5, 5.41) is 9.85. The highest BCUT2D eigenvalue weighted by Gasteiger charge is 2.15. The number of alkyl halides is 1. The van der Waals surface area contributed by atoms with E-state index in [4.69, 9.17) is 21.4 Å². The number of hydrogen-bond donors (Lipinski definition) is 1. The number of carboxylic acids is 1. The molecule has 0 amide bonds. The average Bonchev–Trinajstić information content (AvgIpc) is 2.22. The first-order chi connectivity index (χ1) is 7.45. The van der Waals surface area contributed by atoms with Gasteiger partial charge in [-0.3, -0.25) is 0 Å². The number of carboxylic acid groups (broad SMARTS) is 1. The van der Waals surface area contributed by atoms with Crippen LogP contribution < -0.4 is 4.74 Å². The number of benzene rings is 1. The molecule has 1 aromatic carbocycles. The topological polar surface area (TPSA) is 46.5 Å². The molecule has 0 bridgehead atoms. The van der Waals surface area contributed by atoms with Crippen molar-refractivity contribution in [3.05, 3.63) is 28.3 Å². The van der Waals surface area contributed by atoms with Crippen molar-refractivity contribution in [2.75, 3.05) is 0 Å². The Morgan fingerprint density at radius 1 is 1.62 bits per heavy atom. The molecule has 1 rings (SSSR count). The van der Waals surface area contributed by atoms with Crippen LogP contribution in [0.5, 0.6) is 5.75 Å². The fourth-order valence-corrected chi connectivity index (χ4v) is 2.01. The zero-order valence-electron chi connectivity index (χ0n) is 8.96. The fraction of sp³-hybridized carbons (Fsp3) is 0.364. The highest BCUT2D eigenvalue weighted by molar-refractivity contribution is 9.08. The summed E-state index contributed by atoms with van der Waals surface area (Å²) in [6.45, 7) is 3.39. The Balaban J connectivity index is 2.98. The zero-order chi connectivity index (χ0) is 12.3. The standard InChI is InChI=1S/C11H12BrClO3/c1-6-3-10(16-7(2)11(14)15)9(13)4-8(6)5-12/h3-4,7H,5H2,1-2H3,(H,14,15). The van der Waals surface area contributed by atoms with E-state index in [0.29, 0.717) is 16.1 Å². The van der Waals surface area contributed by atoms with Gasteiger partial charge in [-0.05, 0) is 37.1 Å². The van der Waals surface area contributed by atoms with E-state index in [-0.39, 0.29) is 0 Å². The van der Waals surface area contributed by atoms with Crippen LogP contribution in [0.15, 0.2) is 12.1 Å². The van der Waals surface area contributed by atoms with Crippen LogP contribution in [0, 0.1) is 6.92 Å².